The van der Waals surface area contributed by atoms with Gasteiger partial charge in [0.05, 0.1) is 6.07 Å². The van der Waals surface area contributed by atoms with Crippen molar-refractivity contribution < 1.29 is 0 Å². The smallest absolute Gasteiger partial charge is 0.219 e. The molecule has 2 heterocycles. The molecule has 0 radical (unpaired) electrons. The van der Waals surface area contributed by atoms with Gasteiger partial charge in [0.25, 0.3) is 5.78 Å². The highest BCUT2D eigenvalue weighted by Crippen LogP contribution is 2.18. The molecule has 2 aromatic heterocycles. The summed E-state index contributed by atoms with van der Waals surface area (Å²) in [7, 11) is 0. The van der Waals surface area contributed by atoms with Crippen LogP contribution < -0.4 is 0 Å². The fourth-order valence-corrected chi connectivity index (χ4v) is 1.32. The Morgan fingerprint density at radius 3 is 2.88 bits per heavy atom. The van der Waals surface area contributed by atoms with Crippen molar-refractivity contribution in [2.24, 2.45) is 0 Å². The van der Waals surface area contributed by atoms with E-state index in [2.05, 4.69) is 28.1 Å². The highest BCUT2D eigenvalue weighted by atomic mass is 15.3. The maximum absolute atomic E-state index is 9.01. The summed E-state index contributed by atoms with van der Waals surface area (Å²) in [5.41, 5.74) is 0.416. The average molecular weight is 215 g/mol. The summed E-state index contributed by atoms with van der Waals surface area (Å²) in [6.45, 7) is 5.64. The van der Waals surface area contributed by atoms with Crippen LogP contribution in [0.5, 0.6) is 0 Å². The van der Waals surface area contributed by atoms with Gasteiger partial charge in [-0.15, -0.1) is 5.10 Å². The molecule has 0 aliphatic heterocycles. The Morgan fingerprint density at radius 1 is 1.50 bits per heavy atom. The number of nitrogens with zero attached hydrogens (tertiary/aromatic N) is 5. The molecule has 0 unspecified atom stereocenters. The molecule has 0 atom stereocenters. The van der Waals surface area contributed by atoms with Crippen LogP contribution in [0.15, 0.2) is 12.4 Å². The molecule has 0 saturated carbocycles. The van der Waals surface area contributed by atoms with Gasteiger partial charge in [0.2, 0.25) is 0 Å². The first-order valence-electron chi connectivity index (χ1n) is 5.20. The van der Waals surface area contributed by atoms with Crippen LogP contribution in [0.4, 0.5) is 0 Å². The third-order valence-corrected chi connectivity index (χ3v) is 2.49. The molecule has 0 amide bonds. The van der Waals surface area contributed by atoms with Gasteiger partial charge in [0.1, 0.15) is 5.41 Å². The van der Waals surface area contributed by atoms with Crippen molar-refractivity contribution in [1.82, 2.24) is 19.6 Å². The van der Waals surface area contributed by atoms with Gasteiger partial charge in [-0.05, 0) is 25.8 Å². The zero-order valence-electron chi connectivity index (χ0n) is 9.60. The van der Waals surface area contributed by atoms with Crippen LogP contribution in [-0.2, 0) is 11.8 Å². The predicted molar refractivity (Wildman–Crippen MR) is 58.8 cm³/mol. The van der Waals surface area contributed by atoms with Crippen molar-refractivity contribution in [1.29, 1.82) is 5.26 Å². The standard InChI is InChI=1S/C11H13N5/c1-4-8-5-13-10-14-9(11(2,3)7-12)15-16(10)6-8/h5-6H,4H2,1-3H3. The molecule has 0 saturated heterocycles. The van der Waals surface area contributed by atoms with Crippen LogP contribution in [0.1, 0.15) is 32.2 Å². The van der Waals surface area contributed by atoms with Crippen molar-refractivity contribution in [3.05, 3.63) is 23.8 Å². The van der Waals surface area contributed by atoms with E-state index in [1.165, 1.54) is 0 Å². The van der Waals surface area contributed by atoms with Crippen molar-refractivity contribution in [2.75, 3.05) is 0 Å². The quantitative estimate of drug-likeness (QED) is 0.761. The Morgan fingerprint density at radius 2 is 2.25 bits per heavy atom. The van der Waals surface area contributed by atoms with Crippen molar-refractivity contribution in [2.45, 2.75) is 32.6 Å². The van der Waals surface area contributed by atoms with E-state index in [-0.39, 0.29) is 0 Å². The Kier molecular flexibility index (Phi) is 2.35. The summed E-state index contributed by atoms with van der Waals surface area (Å²) in [5.74, 6) is 1.05. The molecule has 5 nitrogen and oxygen atoms in total. The number of rotatable bonds is 2. The maximum atomic E-state index is 9.01. The lowest BCUT2D eigenvalue weighted by atomic mass is 9.95. The Labute approximate surface area is 93.8 Å². The number of fused-ring (bicyclic) bond motifs is 1. The first-order chi connectivity index (χ1) is 7.56. The normalized spacial score (nSPS) is 11.6. The second-order valence-electron chi connectivity index (χ2n) is 4.23. The molecule has 82 valence electrons. The van der Waals surface area contributed by atoms with E-state index in [9.17, 15) is 0 Å². The number of aromatic nitrogens is 4. The van der Waals surface area contributed by atoms with Crippen LogP contribution >= 0.6 is 0 Å². The first-order valence-corrected chi connectivity index (χ1v) is 5.20. The first kappa shape index (κ1) is 10.6. The summed E-state index contributed by atoms with van der Waals surface area (Å²) in [6.07, 6.45) is 4.58. The molecule has 0 aliphatic carbocycles. The molecular weight excluding hydrogens is 202 g/mol. The second-order valence-corrected chi connectivity index (χ2v) is 4.23. The van der Waals surface area contributed by atoms with Gasteiger partial charge >= 0.3 is 0 Å². The van der Waals surface area contributed by atoms with Gasteiger partial charge in [-0.3, -0.25) is 0 Å². The zero-order chi connectivity index (χ0) is 11.8. The zero-order valence-corrected chi connectivity index (χ0v) is 9.60. The fourth-order valence-electron chi connectivity index (χ4n) is 1.32. The molecule has 16 heavy (non-hydrogen) atoms. The molecule has 2 rings (SSSR count). The largest absolute Gasteiger partial charge is 0.252 e. The molecular formula is C11H13N5. The second kappa shape index (κ2) is 3.56. The third-order valence-electron chi connectivity index (χ3n) is 2.49. The lowest BCUT2D eigenvalue weighted by molar-refractivity contribution is 0.627. The predicted octanol–water partition coefficient (Wildman–Crippen LogP) is 1.49. The Bertz CT molecular complexity index is 561. The monoisotopic (exact) mass is 215 g/mol. The molecule has 0 N–H and O–H groups in total. The third kappa shape index (κ3) is 1.63. The van der Waals surface area contributed by atoms with Gasteiger partial charge in [-0.25, -0.2) is 9.50 Å². The Hall–Kier alpha value is -1.96. The number of nitriles is 1. The van der Waals surface area contributed by atoms with Crippen LogP contribution in [0, 0.1) is 11.3 Å². The lowest BCUT2D eigenvalue weighted by Crippen LogP contribution is -2.16. The minimum atomic E-state index is -0.680. The van der Waals surface area contributed by atoms with Gasteiger partial charge in [-0.2, -0.15) is 10.2 Å². The van der Waals surface area contributed by atoms with E-state index in [1.54, 1.807) is 24.6 Å². The van der Waals surface area contributed by atoms with Crippen LogP contribution in [0.2, 0.25) is 0 Å². The van der Waals surface area contributed by atoms with Crippen LogP contribution in [0.25, 0.3) is 5.78 Å². The van der Waals surface area contributed by atoms with Gasteiger partial charge in [-0.1, -0.05) is 6.92 Å². The number of hydrogen-bond acceptors (Lipinski definition) is 4. The van der Waals surface area contributed by atoms with Crippen LogP contribution in [0.3, 0.4) is 0 Å². The number of hydrogen-bond donors (Lipinski definition) is 0. The summed E-state index contributed by atoms with van der Waals surface area (Å²) in [5, 5.41) is 13.3. The maximum Gasteiger partial charge on any atom is 0.252 e. The molecule has 0 aliphatic rings. The minimum Gasteiger partial charge on any atom is -0.219 e. The van der Waals surface area contributed by atoms with E-state index >= 15 is 0 Å². The topological polar surface area (TPSA) is 66.9 Å². The highest BCUT2D eigenvalue weighted by molar-refractivity contribution is 5.31. The van der Waals surface area contributed by atoms with E-state index in [0.717, 1.165) is 12.0 Å². The summed E-state index contributed by atoms with van der Waals surface area (Å²) >= 11 is 0. The molecule has 5 heteroatoms. The van der Waals surface area contributed by atoms with E-state index in [4.69, 9.17) is 5.26 Å². The summed E-state index contributed by atoms with van der Waals surface area (Å²) < 4.78 is 1.63. The molecule has 2 aromatic rings. The van der Waals surface area contributed by atoms with E-state index in [1.807, 2.05) is 6.20 Å². The molecule has 0 bridgehead atoms. The van der Waals surface area contributed by atoms with Crippen molar-refractivity contribution in [3.63, 3.8) is 0 Å². The fraction of sp³-hybridized carbons (Fsp3) is 0.455. The Balaban J connectivity index is 2.57. The minimum absolute atomic E-state index is 0.510. The highest BCUT2D eigenvalue weighted by Gasteiger charge is 2.25. The number of aryl methyl sites for hydroxylation is 1. The van der Waals surface area contributed by atoms with Gasteiger partial charge in [0, 0.05) is 12.4 Å². The SMILES string of the molecule is CCc1cnc2nc(C(C)(C)C#N)nn2c1. The van der Waals surface area contributed by atoms with Gasteiger partial charge < -0.3 is 0 Å². The lowest BCUT2D eigenvalue weighted by Gasteiger charge is -2.07. The molecule has 0 spiro atoms. The van der Waals surface area contributed by atoms with Gasteiger partial charge in [0.15, 0.2) is 5.82 Å². The molecule has 0 aromatic carbocycles. The summed E-state index contributed by atoms with van der Waals surface area (Å²) in [4.78, 5) is 8.45. The average Bonchev–Trinajstić information content (AvgIpc) is 2.72. The van der Waals surface area contributed by atoms with Crippen molar-refractivity contribution >= 4 is 5.78 Å². The van der Waals surface area contributed by atoms with E-state index < -0.39 is 5.41 Å². The summed E-state index contributed by atoms with van der Waals surface area (Å²) in [6, 6.07) is 2.18. The van der Waals surface area contributed by atoms with E-state index in [0.29, 0.717) is 11.6 Å². The molecule has 0 fully saturated rings. The van der Waals surface area contributed by atoms with Crippen molar-refractivity contribution in [3.8, 4) is 6.07 Å². The van der Waals surface area contributed by atoms with Crippen LogP contribution in [-0.4, -0.2) is 19.6 Å².